The van der Waals surface area contributed by atoms with Gasteiger partial charge >= 0.3 is 0 Å². The zero-order valence-corrected chi connectivity index (χ0v) is 21.8. The van der Waals surface area contributed by atoms with Crippen LogP contribution in [0.1, 0.15) is 23.7 Å². The summed E-state index contributed by atoms with van der Waals surface area (Å²) in [6.07, 6.45) is 9.23. The van der Waals surface area contributed by atoms with Crippen LogP contribution in [-0.4, -0.2) is 75.1 Å². The summed E-state index contributed by atoms with van der Waals surface area (Å²) < 4.78 is 16.9. The molecule has 0 unspecified atom stereocenters. The average molecular weight is 515 g/mol. The second-order valence-electron chi connectivity index (χ2n) is 9.50. The van der Waals surface area contributed by atoms with Crippen LogP contribution < -0.4 is 10.6 Å². The van der Waals surface area contributed by atoms with Gasteiger partial charge in [-0.3, -0.25) is 9.67 Å². The Morgan fingerprint density at radius 2 is 1.68 bits per heavy atom. The van der Waals surface area contributed by atoms with E-state index in [-0.39, 0.29) is 5.82 Å². The first-order chi connectivity index (χ1) is 18.3. The van der Waals surface area contributed by atoms with Gasteiger partial charge < -0.3 is 15.5 Å². The third-order valence-corrected chi connectivity index (χ3v) is 6.98. The standard InChI is InChI=1S/C27H31FN10/c1-27(29,21-5-7-23(28)8-6-21)22-15-32-26(33-16-22)37-11-9-36(10-12-37)25(30-2)24-13-19(18-38(24)31-3)20-14-34-35(4)17-20/h5-8,13-18H,3,9-12,29H2,1-2,4H3/t27-/m0/s1. The highest BCUT2D eigenvalue weighted by Gasteiger charge is 2.27. The molecule has 0 radical (unpaired) electrons. The molecule has 0 aliphatic carbocycles. The van der Waals surface area contributed by atoms with Gasteiger partial charge in [0.1, 0.15) is 17.3 Å². The quantitative estimate of drug-likeness (QED) is 0.313. The Kier molecular flexibility index (Phi) is 6.77. The maximum Gasteiger partial charge on any atom is 0.225 e. The number of amidine groups is 1. The van der Waals surface area contributed by atoms with E-state index in [1.165, 1.54) is 12.1 Å². The third kappa shape index (κ3) is 4.80. The number of hydrogen-bond donors (Lipinski definition) is 1. The maximum absolute atomic E-state index is 13.3. The number of halogens is 1. The molecular formula is C27H31FN10. The van der Waals surface area contributed by atoms with E-state index < -0.39 is 5.54 Å². The molecule has 1 aliphatic rings. The maximum atomic E-state index is 13.3. The fourth-order valence-corrected chi connectivity index (χ4v) is 4.72. The number of nitrogens with two attached hydrogens (primary N) is 1. The summed E-state index contributed by atoms with van der Waals surface area (Å²) >= 11 is 0. The van der Waals surface area contributed by atoms with Crippen molar-refractivity contribution in [1.82, 2.24) is 29.3 Å². The molecule has 5 rings (SSSR count). The molecule has 1 aliphatic heterocycles. The molecular weight excluding hydrogens is 483 g/mol. The number of rotatable bonds is 6. The fraction of sp³-hybridized carbons (Fsp3) is 0.296. The summed E-state index contributed by atoms with van der Waals surface area (Å²) in [5, 5.41) is 8.45. The highest BCUT2D eigenvalue weighted by molar-refractivity contribution is 5.99. The van der Waals surface area contributed by atoms with Crippen molar-refractivity contribution in [3.63, 3.8) is 0 Å². The average Bonchev–Trinajstić information content (AvgIpc) is 3.56. The van der Waals surface area contributed by atoms with Crippen molar-refractivity contribution in [2.24, 2.45) is 22.9 Å². The van der Waals surface area contributed by atoms with E-state index in [1.54, 1.807) is 40.9 Å². The zero-order chi connectivity index (χ0) is 26.9. The van der Waals surface area contributed by atoms with Gasteiger partial charge in [0.15, 0.2) is 0 Å². The summed E-state index contributed by atoms with van der Waals surface area (Å²) in [5.74, 6) is 1.20. The van der Waals surface area contributed by atoms with Crippen LogP contribution in [0, 0.1) is 5.82 Å². The molecule has 11 heteroatoms. The summed E-state index contributed by atoms with van der Waals surface area (Å²) in [4.78, 5) is 18.2. The van der Waals surface area contributed by atoms with Gasteiger partial charge in [-0.2, -0.15) is 10.2 Å². The van der Waals surface area contributed by atoms with Crippen LogP contribution in [0.15, 0.2) is 71.4 Å². The Morgan fingerprint density at radius 3 is 2.26 bits per heavy atom. The monoisotopic (exact) mass is 514 g/mol. The van der Waals surface area contributed by atoms with Crippen molar-refractivity contribution in [2.45, 2.75) is 12.5 Å². The van der Waals surface area contributed by atoms with Crippen LogP contribution >= 0.6 is 0 Å². The van der Waals surface area contributed by atoms with E-state index in [9.17, 15) is 4.39 Å². The summed E-state index contributed by atoms with van der Waals surface area (Å²) in [5.41, 5.74) is 10.2. The number of aryl methyl sites for hydroxylation is 1. The predicted octanol–water partition coefficient (Wildman–Crippen LogP) is 2.70. The van der Waals surface area contributed by atoms with Gasteiger partial charge in [0.05, 0.1) is 11.7 Å². The second-order valence-corrected chi connectivity index (χ2v) is 9.50. The van der Waals surface area contributed by atoms with Crippen molar-refractivity contribution in [2.75, 3.05) is 38.1 Å². The lowest BCUT2D eigenvalue weighted by Gasteiger charge is -2.36. The van der Waals surface area contributed by atoms with Gasteiger partial charge in [-0.25, -0.2) is 19.0 Å². The number of nitrogens with zero attached hydrogens (tertiary/aromatic N) is 9. The molecule has 2 N–H and O–H groups in total. The van der Waals surface area contributed by atoms with E-state index in [0.717, 1.165) is 60.0 Å². The van der Waals surface area contributed by atoms with Crippen LogP contribution in [0.2, 0.25) is 0 Å². The number of aliphatic imine (C=N–C) groups is 1. The van der Waals surface area contributed by atoms with Gasteiger partial charge in [0, 0.05) is 88.5 Å². The first-order valence-corrected chi connectivity index (χ1v) is 12.3. The normalized spacial score (nSPS) is 16.0. The first-order valence-electron chi connectivity index (χ1n) is 12.3. The minimum Gasteiger partial charge on any atom is -0.352 e. The second kappa shape index (κ2) is 10.2. The number of benzene rings is 1. The Balaban J connectivity index is 1.28. The molecule has 196 valence electrons. The van der Waals surface area contributed by atoms with E-state index >= 15 is 0 Å². The molecule has 0 saturated carbocycles. The summed E-state index contributed by atoms with van der Waals surface area (Å²) in [6.45, 7) is 8.55. The Labute approximate surface area is 220 Å². The van der Waals surface area contributed by atoms with E-state index in [1.807, 2.05) is 32.6 Å². The van der Waals surface area contributed by atoms with E-state index in [0.29, 0.717) is 5.95 Å². The number of anilines is 1. The molecule has 38 heavy (non-hydrogen) atoms. The van der Waals surface area contributed by atoms with Crippen molar-refractivity contribution < 1.29 is 4.39 Å². The topological polar surface area (TPSA) is 106 Å². The van der Waals surface area contributed by atoms with Crippen molar-refractivity contribution in [3.05, 3.63) is 84.0 Å². The Bertz CT molecular complexity index is 1440. The van der Waals surface area contributed by atoms with Crippen LogP contribution in [-0.2, 0) is 12.6 Å². The van der Waals surface area contributed by atoms with E-state index in [2.05, 4.69) is 47.7 Å². The van der Waals surface area contributed by atoms with Gasteiger partial charge in [0.2, 0.25) is 5.95 Å². The smallest absolute Gasteiger partial charge is 0.225 e. The highest BCUT2D eigenvalue weighted by Crippen LogP contribution is 2.27. The van der Waals surface area contributed by atoms with Crippen LogP contribution in [0.3, 0.4) is 0 Å². The van der Waals surface area contributed by atoms with E-state index in [4.69, 9.17) is 5.73 Å². The molecule has 1 fully saturated rings. The van der Waals surface area contributed by atoms with Gasteiger partial charge in [-0.15, -0.1) is 0 Å². The molecule has 10 nitrogen and oxygen atoms in total. The lowest BCUT2D eigenvalue weighted by atomic mass is 9.87. The molecule has 1 saturated heterocycles. The van der Waals surface area contributed by atoms with Crippen molar-refractivity contribution >= 4 is 18.5 Å². The summed E-state index contributed by atoms with van der Waals surface area (Å²) in [7, 11) is 3.68. The number of aromatic nitrogens is 5. The first kappa shape index (κ1) is 25.3. The minimum atomic E-state index is -0.833. The highest BCUT2D eigenvalue weighted by atomic mass is 19.1. The number of piperazine rings is 1. The fourth-order valence-electron chi connectivity index (χ4n) is 4.72. The van der Waals surface area contributed by atoms with Gasteiger partial charge in [-0.05, 0) is 30.7 Å². The Morgan fingerprint density at radius 1 is 1.00 bits per heavy atom. The molecule has 1 aromatic carbocycles. The molecule has 4 heterocycles. The molecule has 1 atom stereocenters. The predicted molar refractivity (Wildman–Crippen MR) is 147 cm³/mol. The summed E-state index contributed by atoms with van der Waals surface area (Å²) in [6, 6.07) is 8.25. The molecule has 3 aromatic heterocycles. The van der Waals surface area contributed by atoms with Crippen molar-refractivity contribution in [1.29, 1.82) is 0 Å². The Hall–Kier alpha value is -4.38. The molecule has 0 spiro atoms. The van der Waals surface area contributed by atoms with Crippen LogP contribution in [0.4, 0.5) is 10.3 Å². The minimum absolute atomic E-state index is 0.297. The zero-order valence-electron chi connectivity index (χ0n) is 21.8. The van der Waals surface area contributed by atoms with Gasteiger partial charge in [0.25, 0.3) is 0 Å². The largest absolute Gasteiger partial charge is 0.352 e. The lowest BCUT2D eigenvalue weighted by Crippen LogP contribution is -2.49. The van der Waals surface area contributed by atoms with Crippen LogP contribution in [0.25, 0.3) is 11.1 Å². The van der Waals surface area contributed by atoms with Gasteiger partial charge in [-0.1, -0.05) is 12.1 Å². The van der Waals surface area contributed by atoms with Crippen LogP contribution in [0.5, 0.6) is 0 Å². The third-order valence-electron chi connectivity index (χ3n) is 6.98. The molecule has 4 aromatic rings. The molecule has 0 amide bonds. The molecule has 0 bridgehead atoms. The van der Waals surface area contributed by atoms with Crippen molar-refractivity contribution in [3.8, 4) is 11.1 Å². The number of hydrogen-bond acceptors (Lipinski definition) is 7. The SMILES string of the molecule is C=Nn1cc(-c2cnn(C)c2)cc1C(=NC)N1CCN(c2ncc([C@@](C)(N)c3ccc(F)cc3)cn2)CC1. The lowest BCUT2D eigenvalue weighted by molar-refractivity contribution is 0.381.